The minimum absolute atomic E-state index is 0.0135. The second kappa shape index (κ2) is 11.0. The third kappa shape index (κ3) is 7.28. The fraction of sp³-hybridized carbons (Fsp3) is 0.550. The number of aliphatic hydroxyl groups excluding tert-OH is 2. The fourth-order valence-corrected chi connectivity index (χ4v) is 2.87. The molecule has 0 fully saturated rings. The number of rotatable bonds is 4. The summed E-state index contributed by atoms with van der Waals surface area (Å²) >= 11 is 0. The van der Waals surface area contributed by atoms with E-state index in [0.717, 1.165) is 36.8 Å². The van der Waals surface area contributed by atoms with Gasteiger partial charge in [-0.05, 0) is 68.9 Å². The molecule has 0 amide bonds. The maximum absolute atomic E-state index is 11.3. The number of aliphatic carboxylic acids is 1. The first kappa shape index (κ1) is 20.4. The molecule has 0 saturated heterocycles. The van der Waals surface area contributed by atoms with E-state index < -0.39 is 5.97 Å². The predicted octanol–water partition coefficient (Wildman–Crippen LogP) is 3.77. The Bertz CT molecular complexity index is 526. The lowest BCUT2D eigenvalue weighted by atomic mass is 9.89. The number of carboxylic acids is 1. The highest BCUT2D eigenvalue weighted by molar-refractivity contribution is 5.86. The second-order valence-electron chi connectivity index (χ2n) is 6.47. The summed E-state index contributed by atoms with van der Waals surface area (Å²) in [6.07, 6.45) is 11.0. The largest absolute Gasteiger partial charge is 0.478 e. The lowest BCUT2D eigenvalue weighted by Gasteiger charge is -2.18. The zero-order valence-electron chi connectivity index (χ0n) is 14.6. The van der Waals surface area contributed by atoms with Crippen LogP contribution < -0.4 is 0 Å². The lowest BCUT2D eigenvalue weighted by Crippen LogP contribution is -2.08. The van der Waals surface area contributed by atoms with Crippen LogP contribution in [0, 0.1) is 5.92 Å². The molecule has 0 aromatic carbocycles. The van der Waals surface area contributed by atoms with Gasteiger partial charge in [-0.25, -0.2) is 4.79 Å². The molecule has 1 aliphatic carbocycles. The molecule has 0 bridgehead atoms. The number of hydrogen-bond donors (Lipinski definition) is 3. The van der Waals surface area contributed by atoms with Crippen molar-refractivity contribution in [2.75, 3.05) is 13.2 Å². The van der Waals surface area contributed by atoms with Gasteiger partial charge in [-0.3, -0.25) is 0 Å². The number of aliphatic hydroxyl groups is 2. The Morgan fingerprint density at radius 1 is 1.17 bits per heavy atom. The van der Waals surface area contributed by atoms with E-state index >= 15 is 0 Å². The fourth-order valence-electron chi connectivity index (χ4n) is 2.87. The van der Waals surface area contributed by atoms with Crippen LogP contribution in [0.25, 0.3) is 0 Å². The lowest BCUT2D eigenvalue weighted by molar-refractivity contribution is -0.132. The van der Waals surface area contributed by atoms with Crippen molar-refractivity contribution >= 4 is 5.97 Å². The summed E-state index contributed by atoms with van der Waals surface area (Å²) in [4.78, 5) is 11.3. The first-order valence-electron chi connectivity index (χ1n) is 8.63. The van der Waals surface area contributed by atoms with Crippen molar-refractivity contribution in [1.29, 1.82) is 0 Å². The molecule has 4 nitrogen and oxygen atoms in total. The molecule has 0 heterocycles. The van der Waals surface area contributed by atoms with Crippen LogP contribution in [-0.4, -0.2) is 34.5 Å². The van der Waals surface area contributed by atoms with Crippen molar-refractivity contribution in [3.63, 3.8) is 0 Å². The molecule has 1 atom stereocenters. The monoisotopic (exact) mass is 334 g/mol. The third-order valence-corrected chi connectivity index (χ3v) is 4.60. The van der Waals surface area contributed by atoms with Crippen molar-refractivity contribution in [2.24, 2.45) is 5.92 Å². The topological polar surface area (TPSA) is 77.8 Å². The maximum Gasteiger partial charge on any atom is 0.331 e. The molecule has 3 N–H and O–H groups in total. The Kier molecular flexibility index (Phi) is 9.35. The van der Waals surface area contributed by atoms with Crippen molar-refractivity contribution in [3.8, 4) is 0 Å². The maximum atomic E-state index is 11.3. The van der Waals surface area contributed by atoms with Crippen LogP contribution in [0.2, 0.25) is 0 Å². The molecule has 4 heteroatoms. The van der Waals surface area contributed by atoms with E-state index in [9.17, 15) is 20.1 Å². The van der Waals surface area contributed by atoms with Gasteiger partial charge in [-0.1, -0.05) is 30.4 Å². The van der Waals surface area contributed by atoms with E-state index in [1.807, 2.05) is 12.2 Å². The summed E-state index contributed by atoms with van der Waals surface area (Å²) in [5.41, 5.74) is 3.42. The zero-order chi connectivity index (χ0) is 17.9. The molecule has 0 aliphatic heterocycles. The van der Waals surface area contributed by atoms with Crippen LogP contribution in [0.5, 0.6) is 0 Å². The first-order chi connectivity index (χ1) is 11.5. The third-order valence-electron chi connectivity index (χ3n) is 4.60. The van der Waals surface area contributed by atoms with Gasteiger partial charge in [0.2, 0.25) is 0 Å². The van der Waals surface area contributed by atoms with Crippen LogP contribution in [0.1, 0.15) is 51.9 Å². The molecule has 0 aromatic rings. The number of carboxylic acid groups (broad SMARTS) is 1. The average molecular weight is 334 g/mol. The Balaban J connectivity index is 2.95. The van der Waals surface area contributed by atoms with Gasteiger partial charge in [-0.2, -0.15) is 0 Å². The van der Waals surface area contributed by atoms with Gasteiger partial charge in [0.05, 0.1) is 13.2 Å². The molecule has 24 heavy (non-hydrogen) atoms. The highest BCUT2D eigenvalue weighted by atomic mass is 16.4. The standard InChI is InChI=1S/C20H30O4/c1-15-5-3-7-19(20(23)24)8-4-6-17(14-22)10-12-18(11-9-15)16(2)13-21/h6-7,9,18,21-22H,2-5,8,10-14H2,1H3,(H,23,24)/b15-9+,17-6-,19-7-/t18-/m0/s1. The molecule has 1 rings (SSSR count). The van der Waals surface area contributed by atoms with Gasteiger partial charge < -0.3 is 15.3 Å². The first-order valence-corrected chi connectivity index (χ1v) is 8.63. The summed E-state index contributed by atoms with van der Waals surface area (Å²) in [6.45, 7) is 5.99. The van der Waals surface area contributed by atoms with Gasteiger partial charge in [0.25, 0.3) is 0 Å². The van der Waals surface area contributed by atoms with Gasteiger partial charge >= 0.3 is 5.97 Å². The Morgan fingerprint density at radius 3 is 2.50 bits per heavy atom. The van der Waals surface area contributed by atoms with Crippen molar-refractivity contribution in [1.82, 2.24) is 0 Å². The molecule has 0 spiro atoms. The molecular formula is C20H30O4. The number of hydrogen-bond acceptors (Lipinski definition) is 3. The quantitative estimate of drug-likeness (QED) is 0.684. The van der Waals surface area contributed by atoms with Crippen LogP contribution in [0.15, 0.2) is 47.1 Å². The van der Waals surface area contributed by atoms with Crippen molar-refractivity contribution in [2.45, 2.75) is 51.9 Å². The molecule has 0 aromatic heterocycles. The molecule has 0 unspecified atom stereocenters. The SMILES string of the molecule is C=C(CO)[C@H]1C/C=C(\C)CC/C=C(\C(=O)O)CC/C=C(\CO)CC1. The van der Waals surface area contributed by atoms with E-state index in [0.29, 0.717) is 24.8 Å². The van der Waals surface area contributed by atoms with E-state index in [1.165, 1.54) is 5.57 Å². The summed E-state index contributed by atoms with van der Waals surface area (Å²) in [5.74, 6) is -0.657. The van der Waals surface area contributed by atoms with Gasteiger partial charge in [-0.15, -0.1) is 0 Å². The van der Waals surface area contributed by atoms with Gasteiger partial charge in [0.1, 0.15) is 0 Å². The summed E-state index contributed by atoms with van der Waals surface area (Å²) in [7, 11) is 0. The van der Waals surface area contributed by atoms with E-state index in [2.05, 4.69) is 19.6 Å². The van der Waals surface area contributed by atoms with Crippen LogP contribution in [0.4, 0.5) is 0 Å². The van der Waals surface area contributed by atoms with Crippen LogP contribution in [-0.2, 0) is 4.79 Å². The molecule has 134 valence electrons. The number of carbonyl (C=O) groups is 1. The molecule has 0 radical (unpaired) electrons. The smallest absolute Gasteiger partial charge is 0.331 e. The van der Waals surface area contributed by atoms with Gasteiger partial charge in [0, 0.05) is 5.57 Å². The minimum atomic E-state index is -0.859. The Labute approximate surface area is 144 Å². The molecule has 1 aliphatic rings. The van der Waals surface area contributed by atoms with Gasteiger partial charge in [0.15, 0.2) is 0 Å². The molecular weight excluding hydrogens is 304 g/mol. The number of allylic oxidation sites excluding steroid dienone is 4. The Morgan fingerprint density at radius 2 is 1.88 bits per heavy atom. The van der Waals surface area contributed by atoms with Crippen LogP contribution in [0.3, 0.4) is 0 Å². The molecule has 0 saturated carbocycles. The average Bonchev–Trinajstić information content (AvgIpc) is 2.57. The predicted molar refractivity (Wildman–Crippen MR) is 96.7 cm³/mol. The zero-order valence-corrected chi connectivity index (χ0v) is 14.6. The van der Waals surface area contributed by atoms with E-state index in [4.69, 9.17) is 0 Å². The van der Waals surface area contributed by atoms with Crippen molar-refractivity contribution < 1.29 is 20.1 Å². The van der Waals surface area contributed by atoms with Crippen molar-refractivity contribution in [3.05, 3.63) is 47.1 Å². The second-order valence-corrected chi connectivity index (χ2v) is 6.47. The van der Waals surface area contributed by atoms with Crippen LogP contribution >= 0.6 is 0 Å². The minimum Gasteiger partial charge on any atom is -0.478 e. The summed E-state index contributed by atoms with van der Waals surface area (Å²) in [6, 6.07) is 0. The highest BCUT2D eigenvalue weighted by Gasteiger charge is 2.13. The summed E-state index contributed by atoms with van der Waals surface area (Å²) < 4.78 is 0. The normalized spacial score (nSPS) is 27.6. The summed E-state index contributed by atoms with van der Waals surface area (Å²) in [5, 5.41) is 28.2. The Hall–Kier alpha value is -1.65. The van der Waals surface area contributed by atoms with E-state index in [-0.39, 0.29) is 19.1 Å². The highest BCUT2D eigenvalue weighted by Crippen LogP contribution is 2.25. The van der Waals surface area contributed by atoms with E-state index in [1.54, 1.807) is 0 Å².